The van der Waals surface area contributed by atoms with Crippen LogP contribution >= 0.6 is 0 Å². The van der Waals surface area contributed by atoms with Gasteiger partial charge in [0.2, 0.25) is 0 Å². The van der Waals surface area contributed by atoms with E-state index >= 15 is 0 Å². The maximum Gasteiger partial charge on any atom is 0.269 e. The van der Waals surface area contributed by atoms with Crippen LogP contribution in [0.5, 0.6) is 0 Å². The molecule has 0 bridgehead atoms. The Hall–Kier alpha value is -3.54. The zero-order valence-corrected chi connectivity index (χ0v) is 16.3. The van der Waals surface area contributed by atoms with Crippen molar-refractivity contribution in [2.75, 3.05) is 5.32 Å². The number of nitrogens with zero attached hydrogens (tertiary/aromatic N) is 2. The quantitative estimate of drug-likeness (QED) is 0.307. The predicted octanol–water partition coefficient (Wildman–Crippen LogP) is 5.64. The van der Waals surface area contributed by atoms with Gasteiger partial charge in [0.1, 0.15) is 0 Å². The van der Waals surface area contributed by atoms with Crippen molar-refractivity contribution in [3.05, 3.63) is 88.1 Å². The Morgan fingerprint density at radius 1 is 1.00 bits per heavy atom. The highest BCUT2D eigenvalue weighted by molar-refractivity contribution is 6.04. The van der Waals surface area contributed by atoms with Crippen LogP contribution in [0.3, 0.4) is 0 Å². The van der Waals surface area contributed by atoms with Gasteiger partial charge in [-0.3, -0.25) is 19.9 Å². The van der Waals surface area contributed by atoms with Gasteiger partial charge in [0.15, 0.2) is 0 Å². The SMILES string of the molecule is CCCCCc1ccc(-c2ccc(C(=O)Nc3ccc([N+](=O)[O-])cc3)cc2)nc1. The number of benzene rings is 2. The van der Waals surface area contributed by atoms with Crippen LogP contribution in [0.15, 0.2) is 66.9 Å². The lowest BCUT2D eigenvalue weighted by Crippen LogP contribution is -2.11. The van der Waals surface area contributed by atoms with E-state index in [1.165, 1.54) is 49.1 Å². The zero-order chi connectivity index (χ0) is 20.6. The minimum Gasteiger partial charge on any atom is -0.322 e. The molecule has 6 heteroatoms. The molecule has 0 saturated carbocycles. The Morgan fingerprint density at radius 3 is 2.31 bits per heavy atom. The first-order valence-electron chi connectivity index (χ1n) is 9.68. The molecule has 0 aliphatic carbocycles. The molecule has 1 heterocycles. The van der Waals surface area contributed by atoms with Crippen molar-refractivity contribution in [3.8, 4) is 11.3 Å². The van der Waals surface area contributed by atoms with Crippen molar-refractivity contribution in [3.63, 3.8) is 0 Å². The largest absolute Gasteiger partial charge is 0.322 e. The number of aryl methyl sites for hydroxylation is 1. The van der Waals surface area contributed by atoms with Crippen LogP contribution in [-0.2, 0) is 6.42 Å². The number of hydrogen-bond donors (Lipinski definition) is 1. The van der Waals surface area contributed by atoms with Crippen LogP contribution in [0, 0.1) is 10.1 Å². The van der Waals surface area contributed by atoms with Crippen LogP contribution in [0.25, 0.3) is 11.3 Å². The number of carbonyl (C=O) groups excluding carboxylic acids is 1. The number of nitrogens with one attached hydrogen (secondary N) is 1. The molecule has 3 aromatic rings. The molecule has 0 spiro atoms. The first kappa shape index (κ1) is 20.2. The lowest BCUT2D eigenvalue weighted by Gasteiger charge is -2.07. The monoisotopic (exact) mass is 389 g/mol. The number of nitro groups is 1. The Balaban J connectivity index is 1.63. The number of non-ortho nitro benzene ring substituents is 1. The number of anilines is 1. The van der Waals surface area contributed by atoms with E-state index in [1.807, 2.05) is 24.4 Å². The molecular formula is C23H23N3O3. The molecule has 6 nitrogen and oxygen atoms in total. The van der Waals surface area contributed by atoms with Crippen LogP contribution in [0.4, 0.5) is 11.4 Å². The van der Waals surface area contributed by atoms with Crippen LogP contribution < -0.4 is 5.32 Å². The summed E-state index contributed by atoms with van der Waals surface area (Å²) in [6, 6.07) is 17.1. The molecule has 0 aliphatic heterocycles. The number of hydrogen-bond acceptors (Lipinski definition) is 4. The van der Waals surface area contributed by atoms with E-state index < -0.39 is 4.92 Å². The molecule has 0 unspecified atom stereocenters. The first-order chi connectivity index (χ1) is 14.1. The van der Waals surface area contributed by atoms with Gasteiger partial charge in [-0.25, -0.2) is 0 Å². The average molecular weight is 389 g/mol. The van der Waals surface area contributed by atoms with E-state index in [0.29, 0.717) is 11.3 Å². The molecule has 1 amide bonds. The zero-order valence-electron chi connectivity index (χ0n) is 16.3. The molecule has 0 saturated heterocycles. The van der Waals surface area contributed by atoms with Gasteiger partial charge in [0.25, 0.3) is 11.6 Å². The van der Waals surface area contributed by atoms with Gasteiger partial charge in [0.05, 0.1) is 10.6 Å². The number of carbonyl (C=O) groups is 1. The topological polar surface area (TPSA) is 85.1 Å². The normalized spacial score (nSPS) is 10.5. The summed E-state index contributed by atoms with van der Waals surface area (Å²) >= 11 is 0. The summed E-state index contributed by atoms with van der Waals surface area (Å²) in [6.45, 7) is 2.19. The van der Waals surface area contributed by atoms with Crippen molar-refractivity contribution in [2.24, 2.45) is 0 Å². The maximum absolute atomic E-state index is 12.4. The third kappa shape index (κ3) is 5.48. The summed E-state index contributed by atoms with van der Waals surface area (Å²) in [4.78, 5) is 27.1. The fourth-order valence-corrected chi connectivity index (χ4v) is 2.98. The van der Waals surface area contributed by atoms with Crippen molar-refractivity contribution >= 4 is 17.3 Å². The van der Waals surface area contributed by atoms with Crippen LogP contribution in [0.1, 0.15) is 42.1 Å². The van der Waals surface area contributed by atoms with Crippen molar-refractivity contribution in [1.29, 1.82) is 0 Å². The third-order valence-electron chi connectivity index (χ3n) is 4.67. The van der Waals surface area contributed by atoms with Crippen molar-refractivity contribution in [1.82, 2.24) is 4.98 Å². The predicted molar refractivity (Wildman–Crippen MR) is 114 cm³/mol. The fraction of sp³-hybridized carbons (Fsp3) is 0.217. The maximum atomic E-state index is 12.4. The number of aromatic nitrogens is 1. The third-order valence-corrected chi connectivity index (χ3v) is 4.67. The van der Waals surface area contributed by atoms with E-state index in [1.54, 1.807) is 12.1 Å². The van der Waals surface area contributed by atoms with Gasteiger partial charge < -0.3 is 5.32 Å². The molecule has 0 aliphatic rings. The number of amides is 1. The second-order valence-corrected chi connectivity index (χ2v) is 6.84. The molecule has 148 valence electrons. The smallest absolute Gasteiger partial charge is 0.269 e. The molecular weight excluding hydrogens is 366 g/mol. The molecule has 0 radical (unpaired) electrons. The van der Waals surface area contributed by atoms with Gasteiger partial charge in [-0.15, -0.1) is 0 Å². The van der Waals surface area contributed by atoms with E-state index in [2.05, 4.69) is 23.3 Å². The van der Waals surface area contributed by atoms with Gasteiger partial charge in [-0.05, 0) is 48.7 Å². The summed E-state index contributed by atoms with van der Waals surface area (Å²) < 4.78 is 0. The van der Waals surface area contributed by atoms with E-state index in [4.69, 9.17) is 0 Å². The van der Waals surface area contributed by atoms with Crippen molar-refractivity contribution < 1.29 is 9.72 Å². The first-order valence-corrected chi connectivity index (χ1v) is 9.68. The average Bonchev–Trinajstić information content (AvgIpc) is 2.75. The highest BCUT2D eigenvalue weighted by Crippen LogP contribution is 2.20. The lowest BCUT2D eigenvalue weighted by molar-refractivity contribution is -0.384. The van der Waals surface area contributed by atoms with Gasteiger partial charge >= 0.3 is 0 Å². The van der Waals surface area contributed by atoms with Crippen LogP contribution in [-0.4, -0.2) is 15.8 Å². The van der Waals surface area contributed by atoms with Crippen LogP contribution in [0.2, 0.25) is 0 Å². The van der Waals surface area contributed by atoms with Gasteiger partial charge in [-0.1, -0.05) is 38.0 Å². The standard InChI is InChI=1S/C23H23N3O3/c1-2-3-4-5-17-6-15-22(24-16-17)18-7-9-19(10-8-18)23(27)25-20-11-13-21(14-12-20)26(28)29/h6-16H,2-5H2,1H3,(H,25,27). The number of pyridine rings is 1. The summed E-state index contributed by atoms with van der Waals surface area (Å²) in [6.07, 6.45) is 6.57. The van der Waals surface area contributed by atoms with E-state index in [0.717, 1.165) is 17.7 Å². The Labute approximate surface area is 169 Å². The number of nitro benzene ring substituents is 1. The minimum absolute atomic E-state index is 0.0174. The van der Waals surface area contributed by atoms with Crippen molar-refractivity contribution in [2.45, 2.75) is 32.6 Å². The summed E-state index contributed by atoms with van der Waals surface area (Å²) in [5.41, 5.74) is 4.04. The molecule has 2 aromatic carbocycles. The van der Waals surface area contributed by atoms with E-state index in [9.17, 15) is 14.9 Å². The Bertz CT molecular complexity index is 966. The minimum atomic E-state index is -0.476. The number of rotatable bonds is 8. The summed E-state index contributed by atoms with van der Waals surface area (Å²) in [5.74, 6) is -0.273. The fourth-order valence-electron chi connectivity index (χ4n) is 2.98. The number of unbranched alkanes of at least 4 members (excludes halogenated alkanes) is 2. The van der Waals surface area contributed by atoms with E-state index in [-0.39, 0.29) is 11.6 Å². The Kier molecular flexibility index (Phi) is 6.68. The lowest BCUT2D eigenvalue weighted by atomic mass is 10.1. The molecule has 3 rings (SSSR count). The molecule has 0 fully saturated rings. The summed E-state index contributed by atoms with van der Waals surface area (Å²) in [5, 5.41) is 13.4. The second kappa shape index (κ2) is 9.59. The molecule has 1 N–H and O–H groups in total. The highest BCUT2D eigenvalue weighted by Gasteiger charge is 2.09. The summed E-state index contributed by atoms with van der Waals surface area (Å²) in [7, 11) is 0. The highest BCUT2D eigenvalue weighted by atomic mass is 16.6. The van der Waals surface area contributed by atoms with Gasteiger partial charge in [0, 0.05) is 35.1 Å². The molecule has 1 aromatic heterocycles. The molecule has 0 atom stereocenters. The molecule has 29 heavy (non-hydrogen) atoms. The van der Waals surface area contributed by atoms with Gasteiger partial charge in [-0.2, -0.15) is 0 Å². The Morgan fingerprint density at radius 2 is 1.72 bits per heavy atom. The second-order valence-electron chi connectivity index (χ2n) is 6.84.